The minimum atomic E-state index is 0. The fourth-order valence-electron chi connectivity index (χ4n) is 3.81. The van der Waals surface area contributed by atoms with E-state index >= 15 is 0 Å². The third-order valence-corrected chi connectivity index (χ3v) is 5.46. The predicted octanol–water partition coefficient (Wildman–Crippen LogP) is 2.13. The Morgan fingerprint density at radius 3 is 2.75 bits per heavy atom. The lowest BCUT2D eigenvalue weighted by atomic mass is 9.86. The first-order chi connectivity index (χ1) is 11.1. The fourth-order valence-corrected chi connectivity index (χ4v) is 3.81. The number of nitrogens with one attached hydrogen (secondary N) is 1. The molecule has 6 nitrogen and oxygen atoms in total. The highest BCUT2D eigenvalue weighted by Crippen LogP contribution is 2.34. The van der Waals surface area contributed by atoms with Crippen molar-refractivity contribution >= 4 is 29.9 Å². The van der Waals surface area contributed by atoms with Crippen molar-refractivity contribution in [2.24, 2.45) is 29.6 Å². The van der Waals surface area contributed by atoms with Crippen molar-refractivity contribution in [3.63, 3.8) is 0 Å². The van der Waals surface area contributed by atoms with E-state index < -0.39 is 0 Å². The minimum absolute atomic E-state index is 0. The lowest BCUT2D eigenvalue weighted by Gasteiger charge is -2.39. The Morgan fingerprint density at radius 1 is 1.33 bits per heavy atom. The molecule has 0 unspecified atom stereocenters. The maximum atomic E-state index is 6.05. The Labute approximate surface area is 162 Å². The standard InChI is InChI=1S/C17H30N6.HI/c1-22-10-4-7-14(16(22)15-8-9-21-23(15)2)12-20-17(18)19-11-13-5-3-6-13;/h8-9,13-14,16H,3-7,10-12H2,1-2H3,(H3,18,19,20);1H/t14-,16+;/m0./s1. The number of rotatable bonds is 5. The van der Waals surface area contributed by atoms with Gasteiger partial charge in [-0.1, -0.05) is 6.42 Å². The van der Waals surface area contributed by atoms with Crippen molar-refractivity contribution in [3.8, 4) is 0 Å². The van der Waals surface area contributed by atoms with Gasteiger partial charge in [-0.15, -0.1) is 24.0 Å². The van der Waals surface area contributed by atoms with E-state index in [1.807, 2.05) is 17.9 Å². The summed E-state index contributed by atoms with van der Waals surface area (Å²) in [6.07, 6.45) is 8.31. The second-order valence-electron chi connectivity index (χ2n) is 7.11. The Balaban J connectivity index is 0.00000208. The van der Waals surface area contributed by atoms with Crippen molar-refractivity contribution in [1.82, 2.24) is 20.0 Å². The van der Waals surface area contributed by atoms with Crippen LogP contribution in [-0.4, -0.2) is 47.3 Å². The monoisotopic (exact) mass is 446 g/mol. The Kier molecular flexibility index (Phi) is 7.34. The van der Waals surface area contributed by atoms with Gasteiger partial charge < -0.3 is 11.1 Å². The van der Waals surface area contributed by atoms with Crippen molar-refractivity contribution in [2.45, 2.75) is 38.1 Å². The summed E-state index contributed by atoms with van der Waals surface area (Å²) >= 11 is 0. The van der Waals surface area contributed by atoms with Crippen LogP contribution in [0.3, 0.4) is 0 Å². The molecule has 2 heterocycles. The van der Waals surface area contributed by atoms with Gasteiger partial charge in [0.25, 0.3) is 0 Å². The number of nitrogens with two attached hydrogens (primary N) is 1. The first-order valence-corrected chi connectivity index (χ1v) is 8.87. The zero-order valence-corrected chi connectivity index (χ0v) is 17.1. The molecule has 1 aromatic rings. The number of likely N-dealkylation sites (tertiary alicyclic amines) is 1. The van der Waals surface area contributed by atoms with Gasteiger partial charge in [0, 0.05) is 26.3 Å². The van der Waals surface area contributed by atoms with E-state index in [1.54, 1.807) is 0 Å². The molecular weight excluding hydrogens is 415 g/mol. The summed E-state index contributed by atoms with van der Waals surface area (Å²) in [5.41, 5.74) is 7.34. The number of nitrogens with zero attached hydrogens (tertiary/aromatic N) is 4. The Morgan fingerprint density at radius 2 is 2.12 bits per heavy atom. The first kappa shape index (κ1) is 19.5. The van der Waals surface area contributed by atoms with Crippen molar-refractivity contribution in [3.05, 3.63) is 18.0 Å². The third kappa shape index (κ3) is 4.62. The highest BCUT2D eigenvalue weighted by molar-refractivity contribution is 14.0. The number of halogens is 1. The summed E-state index contributed by atoms with van der Waals surface area (Å²) in [6, 6.07) is 2.52. The summed E-state index contributed by atoms with van der Waals surface area (Å²) in [6.45, 7) is 2.90. The van der Waals surface area contributed by atoms with Gasteiger partial charge in [0.15, 0.2) is 5.96 Å². The highest BCUT2D eigenvalue weighted by atomic mass is 127. The number of piperidine rings is 1. The number of hydrogen-bond donors (Lipinski definition) is 2. The first-order valence-electron chi connectivity index (χ1n) is 8.87. The average Bonchev–Trinajstić information content (AvgIpc) is 2.89. The van der Waals surface area contributed by atoms with Crippen LogP contribution in [0, 0.1) is 11.8 Å². The van der Waals surface area contributed by atoms with Gasteiger partial charge in [-0.2, -0.15) is 5.10 Å². The zero-order valence-electron chi connectivity index (χ0n) is 14.8. The van der Waals surface area contributed by atoms with Crippen LogP contribution in [0.5, 0.6) is 0 Å². The van der Waals surface area contributed by atoms with Gasteiger partial charge in [0.2, 0.25) is 0 Å². The normalized spacial score (nSPS) is 25.8. The molecule has 2 fully saturated rings. The predicted molar refractivity (Wildman–Crippen MR) is 109 cm³/mol. The van der Waals surface area contributed by atoms with E-state index in [9.17, 15) is 0 Å². The average molecular weight is 446 g/mol. The summed E-state index contributed by atoms with van der Waals surface area (Å²) in [4.78, 5) is 6.95. The zero-order chi connectivity index (χ0) is 16.2. The van der Waals surface area contributed by atoms with Gasteiger partial charge in [-0.05, 0) is 57.2 Å². The topological polar surface area (TPSA) is 71.5 Å². The van der Waals surface area contributed by atoms with Gasteiger partial charge in [-0.25, -0.2) is 0 Å². The lowest BCUT2D eigenvalue weighted by molar-refractivity contribution is 0.116. The molecule has 0 radical (unpaired) electrons. The van der Waals surface area contributed by atoms with Crippen LogP contribution in [-0.2, 0) is 7.05 Å². The van der Waals surface area contributed by atoms with E-state index in [1.165, 1.54) is 37.8 Å². The molecule has 24 heavy (non-hydrogen) atoms. The molecule has 1 saturated carbocycles. The van der Waals surface area contributed by atoms with E-state index in [0.29, 0.717) is 17.9 Å². The largest absolute Gasteiger partial charge is 0.370 e. The maximum Gasteiger partial charge on any atom is 0.188 e. The van der Waals surface area contributed by atoms with Crippen LogP contribution in [0.1, 0.15) is 43.8 Å². The highest BCUT2D eigenvalue weighted by Gasteiger charge is 2.32. The molecule has 1 aliphatic carbocycles. The molecule has 3 rings (SSSR count). The van der Waals surface area contributed by atoms with Gasteiger partial charge in [0.1, 0.15) is 0 Å². The molecule has 1 saturated heterocycles. The van der Waals surface area contributed by atoms with Crippen molar-refractivity contribution < 1.29 is 0 Å². The van der Waals surface area contributed by atoms with Crippen LogP contribution < -0.4 is 11.1 Å². The van der Waals surface area contributed by atoms with Crippen LogP contribution in [0.2, 0.25) is 0 Å². The molecule has 136 valence electrons. The molecule has 2 atom stereocenters. The Hall–Kier alpha value is -0.830. The van der Waals surface area contributed by atoms with Crippen LogP contribution in [0.15, 0.2) is 17.3 Å². The second-order valence-corrected chi connectivity index (χ2v) is 7.11. The second kappa shape index (κ2) is 9.03. The quantitative estimate of drug-likeness (QED) is 0.413. The summed E-state index contributed by atoms with van der Waals surface area (Å²) < 4.78 is 1.99. The molecule has 0 spiro atoms. The fraction of sp³-hybridized carbons (Fsp3) is 0.765. The van der Waals surface area contributed by atoms with Crippen molar-refractivity contribution in [2.75, 3.05) is 26.7 Å². The van der Waals surface area contributed by atoms with Gasteiger partial charge >= 0.3 is 0 Å². The van der Waals surface area contributed by atoms with Gasteiger partial charge in [-0.3, -0.25) is 14.6 Å². The lowest BCUT2D eigenvalue weighted by Crippen LogP contribution is -2.44. The van der Waals surface area contributed by atoms with E-state index in [0.717, 1.165) is 25.6 Å². The van der Waals surface area contributed by atoms with Crippen LogP contribution in [0.4, 0.5) is 0 Å². The molecule has 0 bridgehead atoms. The van der Waals surface area contributed by atoms with Crippen LogP contribution in [0.25, 0.3) is 0 Å². The van der Waals surface area contributed by atoms with E-state index in [2.05, 4.69) is 33.4 Å². The molecule has 1 aromatic heterocycles. The Bertz CT molecular complexity index is 539. The SMILES string of the molecule is CN1CCC[C@@H](CNC(N)=NCC2CCC2)[C@@H]1c1ccnn1C.I. The summed E-state index contributed by atoms with van der Waals surface area (Å²) in [5, 5.41) is 7.70. The third-order valence-electron chi connectivity index (χ3n) is 5.46. The van der Waals surface area contributed by atoms with E-state index in [4.69, 9.17) is 5.73 Å². The molecule has 0 aromatic carbocycles. The molecular formula is C17H31IN6. The van der Waals surface area contributed by atoms with Crippen molar-refractivity contribution in [1.29, 1.82) is 0 Å². The number of aryl methyl sites for hydroxylation is 1. The molecule has 0 amide bonds. The van der Waals surface area contributed by atoms with E-state index in [-0.39, 0.29) is 24.0 Å². The van der Waals surface area contributed by atoms with Crippen LogP contribution >= 0.6 is 24.0 Å². The molecule has 1 aliphatic heterocycles. The molecule has 3 N–H and O–H groups in total. The number of aromatic nitrogens is 2. The molecule has 7 heteroatoms. The number of aliphatic imine (C=N–C) groups is 1. The minimum Gasteiger partial charge on any atom is -0.370 e. The number of hydrogen-bond acceptors (Lipinski definition) is 3. The molecule has 2 aliphatic rings. The summed E-state index contributed by atoms with van der Waals surface area (Å²) in [7, 11) is 4.23. The van der Waals surface area contributed by atoms with Gasteiger partial charge in [0.05, 0.1) is 11.7 Å². The maximum absolute atomic E-state index is 6.05. The number of guanidine groups is 1. The summed E-state index contributed by atoms with van der Waals surface area (Å²) in [5.74, 6) is 1.90. The smallest absolute Gasteiger partial charge is 0.188 e.